The topological polar surface area (TPSA) is 42.8 Å². The SMILES string of the molecule is CC[NH+]1CCC[C@@H]1CNC(=O)COc1cc(Cl)c(Cl)cc1Cl. The van der Waals surface area contributed by atoms with Gasteiger partial charge >= 0.3 is 0 Å². The summed E-state index contributed by atoms with van der Waals surface area (Å²) in [7, 11) is 0. The maximum absolute atomic E-state index is 11.9. The van der Waals surface area contributed by atoms with Crippen LogP contribution in [0, 0.1) is 0 Å². The molecule has 1 aliphatic heterocycles. The van der Waals surface area contributed by atoms with Crippen LogP contribution in [0.3, 0.4) is 0 Å². The van der Waals surface area contributed by atoms with Crippen LogP contribution in [-0.4, -0.2) is 38.2 Å². The first-order valence-corrected chi connectivity index (χ1v) is 8.53. The number of rotatable bonds is 6. The van der Waals surface area contributed by atoms with Gasteiger partial charge in [0.15, 0.2) is 6.61 Å². The molecule has 0 aromatic heterocycles. The fraction of sp³-hybridized carbons (Fsp3) is 0.533. The zero-order valence-corrected chi connectivity index (χ0v) is 14.7. The van der Waals surface area contributed by atoms with Crippen molar-refractivity contribution in [3.8, 4) is 5.75 Å². The minimum atomic E-state index is -0.163. The molecule has 1 heterocycles. The standard InChI is InChI=1S/C15H19Cl3N2O2/c1-2-20-5-3-4-10(20)8-19-15(21)9-22-14-7-12(17)11(16)6-13(14)18/h6-7,10H,2-5,8-9H2,1H3,(H,19,21)/p+1/t10-/m1/s1. The lowest BCUT2D eigenvalue weighted by Gasteiger charge is -2.20. The third-order valence-corrected chi connectivity index (χ3v) is 4.98. The minimum Gasteiger partial charge on any atom is -0.482 e. The average molecular weight is 367 g/mol. The number of nitrogens with one attached hydrogen (secondary N) is 2. The molecule has 0 saturated carbocycles. The van der Waals surface area contributed by atoms with Crippen LogP contribution in [0.5, 0.6) is 5.75 Å². The molecule has 4 nitrogen and oxygen atoms in total. The van der Waals surface area contributed by atoms with Crippen molar-refractivity contribution in [2.75, 3.05) is 26.2 Å². The average Bonchev–Trinajstić information content (AvgIpc) is 2.95. The van der Waals surface area contributed by atoms with Gasteiger partial charge in [-0.3, -0.25) is 4.79 Å². The number of hydrogen-bond acceptors (Lipinski definition) is 2. The smallest absolute Gasteiger partial charge is 0.258 e. The number of amides is 1. The molecule has 7 heteroatoms. The Morgan fingerprint density at radius 1 is 1.32 bits per heavy atom. The van der Waals surface area contributed by atoms with Gasteiger partial charge in [-0.05, 0) is 13.0 Å². The van der Waals surface area contributed by atoms with E-state index in [1.807, 2.05) is 0 Å². The Hall–Kier alpha value is -0.680. The van der Waals surface area contributed by atoms with Crippen molar-refractivity contribution in [1.29, 1.82) is 0 Å². The molecule has 1 fully saturated rings. The van der Waals surface area contributed by atoms with Gasteiger partial charge in [-0.25, -0.2) is 0 Å². The number of carbonyl (C=O) groups excluding carboxylic acids is 1. The Labute approximate surface area is 145 Å². The number of hydrogen-bond donors (Lipinski definition) is 2. The van der Waals surface area contributed by atoms with Crippen molar-refractivity contribution >= 4 is 40.7 Å². The summed E-state index contributed by atoms with van der Waals surface area (Å²) in [5.74, 6) is 0.192. The Morgan fingerprint density at radius 3 is 2.77 bits per heavy atom. The molecular weight excluding hydrogens is 347 g/mol. The maximum Gasteiger partial charge on any atom is 0.258 e. The van der Waals surface area contributed by atoms with E-state index >= 15 is 0 Å². The quantitative estimate of drug-likeness (QED) is 0.758. The van der Waals surface area contributed by atoms with E-state index in [-0.39, 0.29) is 12.5 Å². The van der Waals surface area contributed by atoms with E-state index in [9.17, 15) is 4.79 Å². The van der Waals surface area contributed by atoms with Gasteiger partial charge in [-0.1, -0.05) is 34.8 Å². The molecule has 22 heavy (non-hydrogen) atoms. The number of likely N-dealkylation sites (N-methyl/N-ethyl adjacent to an activating group) is 1. The highest BCUT2D eigenvalue weighted by Gasteiger charge is 2.27. The molecule has 1 aromatic carbocycles. The summed E-state index contributed by atoms with van der Waals surface area (Å²) < 4.78 is 5.41. The predicted octanol–water partition coefficient (Wildman–Crippen LogP) is 2.21. The molecule has 1 amide bonds. The summed E-state index contributed by atoms with van der Waals surface area (Å²) in [5.41, 5.74) is 0. The summed E-state index contributed by atoms with van der Waals surface area (Å²) >= 11 is 17.8. The Morgan fingerprint density at radius 2 is 2.05 bits per heavy atom. The van der Waals surface area contributed by atoms with Gasteiger partial charge in [0.25, 0.3) is 5.91 Å². The second-order valence-electron chi connectivity index (χ2n) is 5.39. The zero-order valence-electron chi connectivity index (χ0n) is 12.4. The number of carbonyl (C=O) groups is 1. The van der Waals surface area contributed by atoms with Gasteiger partial charge in [0.1, 0.15) is 11.8 Å². The van der Waals surface area contributed by atoms with Crippen LogP contribution >= 0.6 is 34.8 Å². The van der Waals surface area contributed by atoms with Gasteiger partial charge in [0.2, 0.25) is 0 Å². The molecule has 0 bridgehead atoms. The lowest BCUT2D eigenvalue weighted by molar-refractivity contribution is -0.909. The summed E-state index contributed by atoms with van der Waals surface area (Å²) in [6, 6.07) is 3.52. The van der Waals surface area contributed by atoms with Crippen molar-refractivity contribution in [3.63, 3.8) is 0 Å². The summed E-state index contributed by atoms with van der Waals surface area (Å²) in [4.78, 5) is 13.4. The number of benzene rings is 1. The summed E-state index contributed by atoms with van der Waals surface area (Å²) in [6.45, 7) is 5.04. The number of halogens is 3. The van der Waals surface area contributed by atoms with Gasteiger partial charge < -0.3 is 15.0 Å². The Bertz CT molecular complexity index is 540. The lowest BCUT2D eigenvalue weighted by atomic mass is 10.2. The third-order valence-electron chi connectivity index (χ3n) is 3.96. The number of quaternary nitrogens is 1. The largest absolute Gasteiger partial charge is 0.482 e. The first kappa shape index (κ1) is 17.7. The minimum absolute atomic E-state index is 0.0914. The van der Waals surface area contributed by atoms with Gasteiger partial charge in [0, 0.05) is 18.9 Å². The van der Waals surface area contributed by atoms with Gasteiger partial charge in [-0.15, -0.1) is 0 Å². The fourth-order valence-corrected chi connectivity index (χ4v) is 3.33. The zero-order chi connectivity index (χ0) is 16.1. The second-order valence-corrected chi connectivity index (χ2v) is 6.61. The molecule has 0 radical (unpaired) electrons. The Kier molecular flexibility index (Phi) is 6.63. The first-order chi connectivity index (χ1) is 10.5. The van der Waals surface area contributed by atoms with Crippen molar-refractivity contribution in [1.82, 2.24) is 5.32 Å². The monoisotopic (exact) mass is 365 g/mol. The Balaban J connectivity index is 1.79. The van der Waals surface area contributed by atoms with Crippen molar-refractivity contribution in [2.45, 2.75) is 25.8 Å². The van der Waals surface area contributed by atoms with Crippen LogP contribution in [-0.2, 0) is 4.79 Å². The molecule has 2 atom stereocenters. The van der Waals surface area contributed by atoms with Crippen molar-refractivity contribution in [3.05, 3.63) is 27.2 Å². The van der Waals surface area contributed by atoms with Crippen LogP contribution in [0.1, 0.15) is 19.8 Å². The van der Waals surface area contributed by atoms with E-state index in [2.05, 4.69) is 12.2 Å². The number of likely N-dealkylation sites (tertiary alicyclic amines) is 1. The molecule has 1 aromatic rings. The van der Waals surface area contributed by atoms with E-state index in [0.29, 0.717) is 33.4 Å². The molecule has 122 valence electrons. The van der Waals surface area contributed by atoms with Crippen molar-refractivity contribution < 1.29 is 14.4 Å². The molecule has 2 N–H and O–H groups in total. The van der Waals surface area contributed by atoms with Crippen LogP contribution in [0.15, 0.2) is 12.1 Å². The second kappa shape index (κ2) is 8.25. The van der Waals surface area contributed by atoms with Crippen LogP contribution < -0.4 is 15.0 Å². The fourth-order valence-electron chi connectivity index (χ4n) is 2.74. The first-order valence-electron chi connectivity index (χ1n) is 7.40. The highest BCUT2D eigenvalue weighted by atomic mass is 35.5. The summed E-state index contributed by atoms with van der Waals surface area (Å²) in [5, 5.41) is 3.95. The van der Waals surface area contributed by atoms with Crippen LogP contribution in [0.2, 0.25) is 15.1 Å². The van der Waals surface area contributed by atoms with E-state index in [0.717, 1.165) is 13.0 Å². The molecule has 1 saturated heterocycles. The van der Waals surface area contributed by atoms with Crippen LogP contribution in [0.4, 0.5) is 0 Å². The van der Waals surface area contributed by atoms with Crippen LogP contribution in [0.25, 0.3) is 0 Å². The highest BCUT2D eigenvalue weighted by Crippen LogP contribution is 2.33. The van der Waals surface area contributed by atoms with E-state index in [1.165, 1.54) is 25.1 Å². The summed E-state index contributed by atoms with van der Waals surface area (Å²) in [6.07, 6.45) is 2.38. The predicted molar refractivity (Wildman–Crippen MR) is 89.4 cm³/mol. The normalized spacial score (nSPS) is 20.9. The maximum atomic E-state index is 11.9. The molecular formula is C15H20Cl3N2O2+. The molecule has 0 aliphatic carbocycles. The third kappa shape index (κ3) is 4.66. The molecule has 0 spiro atoms. The number of ether oxygens (including phenoxy) is 1. The van der Waals surface area contributed by atoms with Gasteiger partial charge in [-0.2, -0.15) is 0 Å². The van der Waals surface area contributed by atoms with Gasteiger partial charge in [0.05, 0.1) is 34.7 Å². The van der Waals surface area contributed by atoms with Crippen molar-refractivity contribution in [2.24, 2.45) is 0 Å². The van der Waals surface area contributed by atoms with E-state index in [1.54, 1.807) is 4.90 Å². The molecule has 1 aliphatic rings. The molecule has 1 unspecified atom stereocenters. The van der Waals surface area contributed by atoms with E-state index in [4.69, 9.17) is 39.5 Å². The highest BCUT2D eigenvalue weighted by molar-refractivity contribution is 6.43. The lowest BCUT2D eigenvalue weighted by Crippen LogP contribution is -3.14. The molecule has 2 rings (SSSR count). The van der Waals surface area contributed by atoms with E-state index < -0.39 is 0 Å².